The van der Waals surface area contributed by atoms with Gasteiger partial charge in [-0.05, 0) is 18.4 Å². The second kappa shape index (κ2) is 6.63. The van der Waals surface area contributed by atoms with Crippen molar-refractivity contribution < 1.29 is 9.84 Å². The number of benzene rings is 1. The molecule has 0 spiro atoms. The van der Waals surface area contributed by atoms with Crippen LogP contribution in [0.5, 0.6) is 0 Å². The monoisotopic (exact) mass is 179 g/mol. The van der Waals surface area contributed by atoms with Crippen LogP contribution in [0.3, 0.4) is 0 Å². The lowest BCUT2D eigenvalue weighted by atomic mass is 10.1. The first kappa shape index (κ1) is 10.2. The Balaban J connectivity index is 2.07. The third-order valence-electron chi connectivity index (χ3n) is 1.69. The highest BCUT2D eigenvalue weighted by Crippen LogP contribution is 2.01. The molecule has 0 unspecified atom stereocenters. The van der Waals surface area contributed by atoms with Crippen LogP contribution in [-0.2, 0) is 11.2 Å². The van der Waals surface area contributed by atoms with E-state index < -0.39 is 0 Å². The molecule has 0 atom stereocenters. The number of aliphatic hydroxyl groups excluding tert-OH is 1. The maximum absolute atomic E-state index is 8.44. The fourth-order valence-corrected chi connectivity index (χ4v) is 1.07. The van der Waals surface area contributed by atoms with Gasteiger partial charge < -0.3 is 9.84 Å². The molecule has 1 rings (SSSR count). The minimum absolute atomic E-state index is 0.0964. The second-order valence-electron chi connectivity index (χ2n) is 2.78. The van der Waals surface area contributed by atoms with Gasteiger partial charge in [-0.3, -0.25) is 0 Å². The molecule has 0 aliphatic heterocycles. The molecule has 2 heteroatoms. The van der Waals surface area contributed by atoms with E-state index in [9.17, 15) is 0 Å². The highest BCUT2D eigenvalue weighted by atomic mass is 16.5. The Morgan fingerprint density at radius 2 is 2.00 bits per heavy atom. The summed E-state index contributed by atoms with van der Waals surface area (Å²) in [6.45, 7) is 1.12. The van der Waals surface area contributed by atoms with E-state index in [2.05, 4.69) is 18.6 Å². The highest BCUT2D eigenvalue weighted by Gasteiger charge is 1.91. The molecule has 0 saturated carbocycles. The van der Waals surface area contributed by atoms with Crippen LogP contribution in [0.1, 0.15) is 5.56 Å². The fourth-order valence-electron chi connectivity index (χ4n) is 1.07. The van der Waals surface area contributed by atoms with Gasteiger partial charge in [-0.1, -0.05) is 30.3 Å². The molecule has 1 N–H and O–H groups in total. The standard InChI is InChI=1S/C11H15O2/c12-8-10-13-9-4-7-11-5-2-1-3-6-11/h1-6,12H,7-10H2. The molecule has 1 radical (unpaired) electrons. The van der Waals surface area contributed by atoms with Gasteiger partial charge in [-0.15, -0.1) is 0 Å². The van der Waals surface area contributed by atoms with Gasteiger partial charge in [0.05, 0.1) is 19.8 Å². The van der Waals surface area contributed by atoms with E-state index in [-0.39, 0.29) is 6.61 Å². The Kier molecular flexibility index (Phi) is 5.22. The third-order valence-corrected chi connectivity index (χ3v) is 1.69. The first-order chi connectivity index (χ1) is 6.43. The lowest BCUT2D eigenvalue weighted by molar-refractivity contribution is 0.105. The zero-order valence-electron chi connectivity index (χ0n) is 7.65. The summed E-state index contributed by atoms with van der Waals surface area (Å²) in [5.74, 6) is 0. The van der Waals surface area contributed by atoms with Crippen LogP contribution in [0.2, 0.25) is 0 Å². The van der Waals surface area contributed by atoms with Crippen molar-refractivity contribution in [2.75, 3.05) is 19.8 Å². The fraction of sp³-hybridized carbons (Fsp3) is 0.364. The number of ether oxygens (including phenoxy) is 1. The predicted octanol–water partition coefficient (Wildman–Crippen LogP) is 1.44. The van der Waals surface area contributed by atoms with Crippen LogP contribution in [0, 0.1) is 6.42 Å². The van der Waals surface area contributed by atoms with Crippen LogP contribution >= 0.6 is 0 Å². The van der Waals surface area contributed by atoms with Crippen LogP contribution in [0.4, 0.5) is 0 Å². The van der Waals surface area contributed by atoms with Gasteiger partial charge in [0.1, 0.15) is 0 Å². The Hall–Kier alpha value is -0.860. The van der Waals surface area contributed by atoms with E-state index in [1.807, 2.05) is 18.2 Å². The molecular weight excluding hydrogens is 164 g/mol. The van der Waals surface area contributed by atoms with E-state index in [4.69, 9.17) is 9.84 Å². The molecule has 0 bridgehead atoms. The first-order valence-corrected chi connectivity index (χ1v) is 4.47. The van der Waals surface area contributed by atoms with Gasteiger partial charge in [-0.25, -0.2) is 0 Å². The average Bonchev–Trinajstić information content (AvgIpc) is 2.19. The van der Waals surface area contributed by atoms with Crippen molar-refractivity contribution in [3.05, 3.63) is 42.3 Å². The topological polar surface area (TPSA) is 29.5 Å². The van der Waals surface area contributed by atoms with Gasteiger partial charge in [-0.2, -0.15) is 0 Å². The van der Waals surface area contributed by atoms with E-state index >= 15 is 0 Å². The Morgan fingerprint density at radius 1 is 1.23 bits per heavy atom. The van der Waals surface area contributed by atoms with Crippen LogP contribution in [-0.4, -0.2) is 24.9 Å². The normalized spacial score (nSPS) is 10.2. The van der Waals surface area contributed by atoms with Gasteiger partial charge in [0.2, 0.25) is 0 Å². The van der Waals surface area contributed by atoms with Crippen molar-refractivity contribution in [2.45, 2.75) is 6.42 Å². The number of aliphatic hydroxyl groups is 1. The third kappa shape index (κ3) is 4.65. The van der Waals surface area contributed by atoms with Crippen molar-refractivity contribution in [3.63, 3.8) is 0 Å². The summed E-state index contributed by atoms with van der Waals surface area (Å²) in [4.78, 5) is 0. The van der Waals surface area contributed by atoms with E-state index in [0.717, 1.165) is 6.42 Å². The summed E-state index contributed by atoms with van der Waals surface area (Å²) in [6.07, 6.45) is 2.98. The van der Waals surface area contributed by atoms with Gasteiger partial charge in [0.25, 0.3) is 0 Å². The number of hydrogen-bond donors (Lipinski definition) is 1. The molecule has 13 heavy (non-hydrogen) atoms. The highest BCUT2D eigenvalue weighted by molar-refractivity contribution is 5.16. The van der Waals surface area contributed by atoms with E-state index in [1.54, 1.807) is 0 Å². The summed E-state index contributed by atoms with van der Waals surface area (Å²) >= 11 is 0. The molecule has 0 aliphatic carbocycles. The predicted molar refractivity (Wildman–Crippen MR) is 52.4 cm³/mol. The lowest BCUT2D eigenvalue weighted by Gasteiger charge is -2.01. The number of hydrogen-bond acceptors (Lipinski definition) is 2. The van der Waals surface area contributed by atoms with Crippen LogP contribution < -0.4 is 0 Å². The summed E-state index contributed by atoms with van der Waals surface area (Å²) in [6, 6.07) is 10.2. The number of rotatable bonds is 6. The van der Waals surface area contributed by atoms with Gasteiger partial charge in [0, 0.05) is 0 Å². The lowest BCUT2D eigenvalue weighted by Crippen LogP contribution is -2.02. The smallest absolute Gasteiger partial charge is 0.0697 e. The molecule has 1 aromatic carbocycles. The molecule has 1 aromatic rings. The van der Waals surface area contributed by atoms with Gasteiger partial charge >= 0.3 is 0 Å². The maximum Gasteiger partial charge on any atom is 0.0697 e. The molecule has 2 nitrogen and oxygen atoms in total. The average molecular weight is 179 g/mol. The second-order valence-corrected chi connectivity index (χ2v) is 2.78. The molecule has 0 aliphatic rings. The molecule has 0 fully saturated rings. The Bertz CT molecular complexity index is 209. The summed E-state index contributed by atoms with van der Waals surface area (Å²) in [5.41, 5.74) is 1.29. The van der Waals surface area contributed by atoms with Crippen molar-refractivity contribution in [1.29, 1.82) is 0 Å². The summed E-state index contributed by atoms with van der Waals surface area (Å²) in [5, 5.41) is 8.44. The van der Waals surface area contributed by atoms with E-state index in [0.29, 0.717) is 13.2 Å². The zero-order valence-corrected chi connectivity index (χ0v) is 7.65. The van der Waals surface area contributed by atoms with Crippen molar-refractivity contribution in [1.82, 2.24) is 0 Å². The van der Waals surface area contributed by atoms with Crippen LogP contribution in [0.15, 0.2) is 30.3 Å². The van der Waals surface area contributed by atoms with Crippen molar-refractivity contribution in [2.24, 2.45) is 0 Å². The van der Waals surface area contributed by atoms with Crippen molar-refractivity contribution in [3.8, 4) is 0 Å². The van der Waals surface area contributed by atoms with Crippen molar-refractivity contribution >= 4 is 0 Å². The maximum atomic E-state index is 8.44. The molecular formula is C11H15O2. The summed E-state index contributed by atoms with van der Waals surface area (Å²) < 4.78 is 5.10. The molecule has 0 amide bonds. The molecule has 71 valence electrons. The first-order valence-electron chi connectivity index (χ1n) is 4.47. The zero-order chi connectivity index (χ0) is 9.36. The van der Waals surface area contributed by atoms with Crippen LogP contribution in [0.25, 0.3) is 0 Å². The SMILES string of the molecule is OCCOC[CH]Cc1ccccc1. The van der Waals surface area contributed by atoms with E-state index in [1.165, 1.54) is 5.56 Å². The minimum atomic E-state index is 0.0964. The molecule has 0 saturated heterocycles. The molecule has 0 heterocycles. The summed E-state index contributed by atoms with van der Waals surface area (Å²) in [7, 11) is 0. The quantitative estimate of drug-likeness (QED) is 0.670. The van der Waals surface area contributed by atoms with Gasteiger partial charge in [0.15, 0.2) is 0 Å². The minimum Gasteiger partial charge on any atom is -0.394 e. The Morgan fingerprint density at radius 3 is 2.69 bits per heavy atom. The largest absolute Gasteiger partial charge is 0.394 e. The Labute approximate surface area is 79.2 Å². The molecule has 0 aromatic heterocycles.